The van der Waals surface area contributed by atoms with Crippen LogP contribution in [0.25, 0.3) is 0 Å². The van der Waals surface area contributed by atoms with Gasteiger partial charge < -0.3 is 4.74 Å². The number of hydrogen-bond donors (Lipinski definition) is 0. The van der Waals surface area contributed by atoms with E-state index in [1.165, 1.54) is 49.8 Å². The van der Waals surface area contributed by atoms with Crippen molar-refractivity contribution in [3.8, 4) is 0 Å². The fourth-order valence-corrected chi connectivity index (χ4v) is 5.88. The van der Waals surface area contributed by atoms with E-state index in [2.05, 4.69) is 37.8 Å². The number of alkyl halides is 2. The minimum absolute atomic E-state index is 0.00126. The summed E-state index contributed by atoms with van der Waals surface area (Å²) in [5.74, 6) is 2.61. The van der Waals surface area contributed by atoms with Crippen molar-refractivity contribution in [1.82, 2.24) is 0 Å². The minimum Gasteiger partial charge on any atom is -0.316 e. The summed E-state index contributed by atoms with van der Waals surface area (Å²) in [4.78, 5) is 0. The van der Waals surface area contributed by atoms with E-state index in [1.807, 2.05) is 18.2 Å². The van der Waals surface area contributed by atoms with E-state index in [-0.39, 0.29) is 12.2 Å². The van der Waals surface area contributed by atoms with Gasteiger partial charge in [-0.15, -0.1) is 6.58 Å². The molecule has 0 heterocycles. The Hall–Kier alpha value is -2.00. The van der Waals surface area contributed by atoms with Gasteiger partial charge in [0, 0.05) is 0 Å². The van der Waals surface area contributed by atoms with E-state index in [0.29, 0.717) is 24.2 Å². The highest BCUT2D eigenvalue weighted by atomic mass is 19.3. The number of allylic oxidation sites excluding steroid dienone is 1. The minimum atomic E-state index is -3.27. The second kappa shape index (κ2) is 11.6. The van der Waals surface area contributed by atoms with Gasteiger partial charge in [-0.2, -0.15) is 8.78 Å². The Kier molecular flexibility index (Phi) is 8.58. The molecule has 184 valence electrons. The molecular formula is C31H40F2O. The monoisotopic (exact) mass is 466 g/mol. The van der Waals surface area contributed by atoms with Crippen LogP contribution in [0.5, 0.6) is 0 Å². The first kappa shape index (κ1) is 25.1. The van der Waals surface area contributed by atoms with Crippen molar-refractivity contribution in [2.24, 2.45) is 11.8 Å². The summed E-state index contributed by atoms with van der Waals surface area (Å²) in [6.45, 7) is 6.18. The molecule has 0 saturated heterocycles. The van der Waals surface area contributed by atoms with Crippen LogP contribution in [0.3, 0.4) is 0 Å². The Balaban J connectivity index is 1.25. The van der Waals surface area contributed by atoms with Crippen molar-refractivity contribution in [3.05, 3.63) is 83.4 Å². The summed E-state index contributed by atoms with van der Waals surface area (Å²) in [6.07, 6.45) is 10.2. The van der Waals surface area contributed by atoms with Crippen molar-refractivity contribution < 1.29 is 13.5 Å². The molecule has 2 aromatic rings. The van der Waals surface area contributed by atoms with E-state index >= 15 is 0 Å². The number of ether oxygens (including phenoxy) is 1. The van der Waals surface area contributed by atoms with E-state index < -0.39 is 6.11 Å². The van der Waals surface area contributed by atoms with Crippen LogP contribution >= 0.6 is 0 Å². The zero-order chi connectivity index (χ0) is 24.0. The number of hydrogen-bond acceptors (Lipinski definition) is 1. The fraction of sp³-hybridized carbons (Fsp3) is 0.548. The first-order valence-corrected chi connectivity index (χ1v) is 13.3. The molecule has 0 bridgehead atoms. The molecule has 0 radical (unpaired) electrons. The van der Waals surface area contributed by atoms with Crippen molar-refractivity contribution in [3.63, 3.8) is 0 Å². The first-order valence-electron chi connectivity index (χ1n) is 13.3. The lowest BCUT2D eigenvalue weighted by Gasteiger charge is -2.28. The average Bonchev–Trinajstić information content (AvgIpc) is 2.89. The summed E-state index contributed by atoms with van der Waals surface area (Å²) in [6, 6.07) is 15.3. The lowest BCUT2D eigenvalue weighted by atomic mass is 9.78. The van der Waals surface area contributed by atoms with Crippen molar-refractivity contribution in [1.29, 1.82) is 0 Å². The predicted molar refractivity (Wildman–Crippen MR) is 136 cm³/mol. The molecule has 4 rings (SSSR count). The van der Waals surface area contributed by atoms with Gasteiger partial charge in [0.1, 0.15) is 0 Å². The van der Waals surface area contributed by atoms with Crippen LogP contribution in [0.15, 0.2) is 61.2 Å². The third-order valence-corrected chi connectivity index (χ3v) is 8.37. The van der Waals surface area contributed by atoms with E-state index in [9.17, 15) is 8.78 Å². The molecule has 0 aromatic heterocycles. The van der Waals surface area contributed by atoms with E-state index in [0.717, 1.165) is 42.7 Å². The van der Waals surface area contributed by atoms with E-state index in [1.54, 1.807) is 0 Å². The maximum atomic E-state index is 14.7. The molecule has 0 spiro atoms. The molecule has 0 unspecified atom stereocenters. The Morgan fingerprint density at radius 1 is 0.824 bits per heavy atom. The molecule has 0 atom stereocenters. The van der Waals surface area contributed by atoms with Gasteiger partial charge in [-0.3, -0.25) is 0 Å². The van der Waals surface area contributed by atoms with Gasteiger partial charge in [0.2, 0.25) is 0 Å². The van der Waals surface area contributed by atoms with Crippen molar-refractivity contribution >= 4 is 0 Å². The molecule has 2 aromatic carbocycles. The SMILES string of the molecule is C=C[C@H]1CC[C@H](c2ccc(C(F)(F)OCCc3ccc([C@H]4CC[C@H](CC)CC4)cc3)cc2)CC1. The summed E-state index contributed by atoms with van der Waals surface area (Å²) >= 11 is 0. The third kappa shape index (κ3) is 6.36. The van der Waals surface area contributed by atoms with Crippen molar-refractivity contribution in [2.45, 2.75) is 89.1 Å². The first-order chi connectivity index (χ1) is 16.5. The van der Waals surface area contributed by atoms with Gasteiger partial charge >= 0.3 is 6.11 Å². The van der Waals surface area contributed by atoms with Crippen LogP contribution in [-0.4, -0.2) is 6.61 Å². The highest BCUT2D eigenvalue weighted by Gasteiger charge is 2.33. The summed E-state index contributed by atoms with van der Waals surface area (Å²) in [7, 11) is 0. The zero-order valence-electron chi connectivity index (χ0n) is 20.7. The van der Waals surface area contributed by atoms with Gasteiger partial charge in [0.05, 0.1) is 12.2 Å². The van der Waals surface area contributed by atoms with Crippen LogP contribution in [0, 0.1) is 11.8 Å². The van der Waals surface area contributed by atoms with Gasteiger partial charge in [0.15, 0.2) is 0 Å². The third-order valence-electron chi connectivity index (χ3n) is 8.37. The van der Waals surface area contributed by atoms with E-state index in [4.69, 9.17) is 4.74 Å². The Morgan fingerprint density at radius 3 is 1.88 bits per heavy atom. The van der Waals surface area contributed by atoms with Crippen LogP contribution in [0.2, 0.25) is 0 Å². The van der Waals surface area contributed by atoms with Gasteiger partial charge in [-0.25, -0.2) is 0 Å². The number of rotatable bonds is 9. The quantitative estimate of drug-likeness (QED) is 0.335. The normalized spacial score (nSPS) is 25.7. The predicted octanol–water partition coefficient (Wildman–Crippen LogP) is 9.14. The lowest BCUT2D eigenvalue weighted by Crippen LogP contribution is -2.20. The second-order valence-corrected chi connectivity index (χ2v) is 10.5. The molecule has 34 heavy (non-hydrogen) atoms. The molecule has 0 N–H and O–H groups in total. The molecule has 0 aliphatic heterocycles. The molecule has 1 nitrogen and oxygen atoms in total. The van der Waals surface area contributed by atoms with Crippen molar-refractivity contribution in [2.75, 3.05) is 6.61 Å². The summed E-state index contributed by atoms with van der Waals surface area (Å²) in [5, 5.41) is 0. The second-order valence-electron chi connectivity index (χ2n) is 10.5. The smallest absolute Gasteiger partial charge is 0.316 e. The molecule has 3 heteroatoms. The number of halogens is 2. The molecule has 2 aliphatic carbocycles. The molecule has 2 aliphatic rings. The zero-order valence-corrected chi connectivity index (χ0v) is 20.7. The van der Waals surface area contributed by atoms with Gasteiger partial charge in [-0.1, -0.05) is 68.0 Å². The maximum absolute atomic E-state index is 14.7. The standard InChI is InChI=1S/C31H40F2O/c1-3-23-5-11-26(12-6-23)28-15-9-25(10-16-28)21-22-34-31(32,33)30-19-17-29(18-20-30)27-13-7-24(4-2)8-14-27/h4,9-10,15-20,23-24,26-27H,2-3,5-8,11-14,21-22H2,1H3/t23-,24-,26-,27-. The summed E-state index contributed by atoms with van der Waals surface area (Å²) in [5.41, 5.74) is 3.54. The molecular weight excluding hydrogens is 426 g/mol. The Labute approximate surface area is 204 Å². The molecule has 0 amide bonds. The molecule has 2 fully saturated rings. The Morgan fingerprint density at radius 2 is 1.35 bits per heavy atom. The highest BCUT2D eigenvalue weighted by Crippen LogP contribution is 2.38. The fourth-order valence-electron chi connectivity index (χ4n) is 5.88. The van der Waals surface area contributed by atoms with Crippen LogP contribution in [0.4, 0.5) is 8.78 Å². The summed E-state index contributed by atoms with van der Waals surface area (Å²) < 4.78 is 34.4. The van der Waals surface area contributed by atoms with Crippen LogP contribution in [0.1, 0.15) is 98.8 Å². The lowest BCUT2D eigenvalue weighted by molar-refractivity contribution is -0.248. The van der Waals surface area contributed by atoms with Crippen LogP contribution < -0.4 is 0 Å². The average molecular weight is 467 g/mol. The molecule has 2 saturated carbocycles. The van der Waals surface area contributed by atoms with Gasteiger partial charge in [-0.05, 0) is 98.1 Å². The van der Waals surface area contributed by atoms with Crippen LogP contribution in [-0.2, 0) is 17.3 Å². The maximum Gasteiger partial charge on any atom is 0.383 e. The largest absolute Gasteiger partial charge is 0.383 e. The Bertz CT molecular complexity index is 886. The topological polar surface area (TPSA) is 9.23 Å². The number of benzene rings is 2. The van der Waals surface area contributed by atoms with Gasteiger partial charge in [0.25, 0.3) is 0 Å². The highest BCUT2D eigenvalue weighted by molar-refractivity contribution is 5.28.